The zero-order chi connectivity index (χ0) is 21.4. The van der Waals surface area contributed by atoms with E-state index in [1.165, 1.54) is 7.11 Å². The number of amides is 2. The summed E-state index contributed by atoms with van der Waals surface area (Å²) in [4.78, 5) is 37.6. The molecule has 154 valence electrons. The Morgan fingerprint density at radius 1 is 0.793 bits per heavy atom. The minimum absolute atomic E-state index is 0.549. The number of hydrogen-bond donors (Lipinski definition) is 2. The minimum atomic E-state index is -1.05. The third-order valence-electron chi connectivity index (χ3n) is 3.91. The molecule has 7 heteroatoms. The van der Waals surface area contributed by atoms with Crippen molar-refractivity contribution in [2.24, 2.45) is 0 Å². The van der Waals surface area contributed by atoms with Crippen LogP contribution in [0.15, 0.2) is 60.7 Å². The highest BCUT2D eigenvalue weighted by molar-refractivity contribution is 5.91. The van der Waals surface area contributed by atoms with Crippen LogP contribution in [0, 0.1) is 0 Å². The maximum Gasteiger partial charge on any atom is 0.408 e. The average molecular weight is 398 g/mol. The first-order valence-corrected chi connectivity index (χ1v) is 9.19. The van der Waals surface area contributed by atoms with E-state index in [4.69, 9.17) is 9.47 Å². The Balaban J connectivity index is 2.28. The first-order chi connectivity index (χ1) is 13.7. The number of carbonyl (C=O) groups excluding carboxylic acids is 3. The third-order valence-corrected chi connectivity index (χ3v) is 3.91. The highest BCUT2D eigenvalue weighted by Crippen LogP contribution is 2.19. The van der Waals surface area contributed by atoms with E-state index in [1.807, 2.05) is 0 Å². The molecule has 0 spiro atoms. The number of hydrogen-bond acceptors (Lipinski definition) is 5. The Hall–Kier alpha value is -3.35. The molecule has 2 aromatic rings. The SMILES string of the molecule is COC(=O)C(NC(=O)C(NC(=O)OC(C)(C)C)c1ccccc1)c1ccccc1. The van der Waals surface area contributed by atoms with Crippen LogP contribution < -0.4 is 10.6 Å². The summed E-state index contributed by atoms with van der Waals surface area (Å²) in [7, 11) is 1.25. The topological polar surface area (TPSA) is 93.7 Å². The molecule has 0 aliphatic carbocycles. The van der Waals surface area contributed by atoms with Gasteiger partial charge in [0.15, 0.2) is 6.04 Å². The third kappa shape index (κ3) is 6.64. The zero-order valence-electron chi connectivity index (χ0n) is 17.0. The van der Waals surface area contributed by atoms with E-state index in [2.05, 4.69) is 10.6 Å². The summed E-state index contributed by atoms with van der Waals surface area (Å²) in [6.45, 7) is 5.19. The number of esters is 1. The lowest BCUT2D eigenvalue weighted by molar-refractivity contribution is -0.145. The Kier molecular flexibility index (Phi) is 7.36. The van der Waals surface area contributed by atoms with Gasteiger partial charge >= 0.3 is 12.1 Å². The molecule has 0 aliphatic rings. The molecule has 2 N–H and O–H groups in total. The minimum Gasteiger partial charge on any atom is -0.467 e. The Bertz CT molecular complexity index is 831. The van der Waals surface area contributed by atoms with E-state index >= 15 is 0 Å². The van der Waals surface area contributed by atoms with Crippen LogP contribution in [0.4, 0.5) is 4.79 Å². The number of rotatable bonds is 6. The van der Waals surface area contributed by atoms with Gasteiger partial charge in [-0.3, -0.25) is 4.79 Å². The standard InChI is InChI=1S/C22H26N2O5/c1-22(2,3)29-21(27)24-17(15-11-7-5-8-12-15)19(25)23-18(20(26)28-4)16-13-9-6-10-14-16/h5-14,17-18H,1-4H3,(H,23,25)(H,24,27). The number of methoxy groups -OCH3 is 1. The molecule has 2 unspecified atom stereocenters. The zero-order valence-corrected chi connectivity index (χ0v) is 17.0. The molecule has 2 atom stereocenters. The maximum absolute atomic E-state index is 13.1. The first kappa shape index (κ1) is 21.9. The molecule has 2 aromatic carbocycles. The van der Waals surface area contributed by atoms with Gasteiger partial charge in [-0.15, -0.1) is 0 Å². The van der Waals surface area contributed by atoms with Gasteiger partial charge in [-0.1, -0.05) is 60.7 Å². The van der Waals surface area contributed by atoms with E-state index in [-0.39, 0.29) is 0 Å². The van der Waals surface area contributed by atoms with Crippen molar-refractivity contribution in [1.29, 1.82) is 0 Å². The molecule has 0 fully saturated rings. The van der Waals surface area contributed by atoms with Crippen molar-refractivity contribution in [1.82, 2.24) is 10.6 Å². The van der Waals surface area contributed by atoms with Crippen molar-refractivity contribution in [3.8, 4) is 0 Å². The van der Waals surface area contributed by atoms with Crippen LogP contribution in [-0.2, 0) is 19.1 Å². The second-order valence-corrected chi connectivity index (χ2v) is 7.37. The largest absolute Gasteiger partial charge is 0.467 e. The van der Waals surface area contributed by atoms with Gasteiger partial charge in [0, 0.05) is 0 Å². The summed E-state index contributed by atoms with van der Waals surface area (Å²) in [5, 5.41) is 5.25. The fraction of sp³-hybridized carbons (Fsp3) is 0.318. The summed E-state index contributed by atoms with van der Waals surface area (Å²) in [6, 6.07) is 15.4. The van der Waals surface area contributed by atoms with Crippen molar-refractivity contribution in [3.63, 3.8) is 0 Å². The van der Waals surface area contributed by atoms with Gasteiger partial charge in [-0.25, -0.2) is 9.59 Å². The molecule has 0 aromatic heterocycles. The average Bonchev–Trinajstić information content (AvgIpc) is 2.69. The normalized spacial score (nSPS) is 13.0. The van der Waals surface area contributed by atoms with Crippen LogP contribution in [0.3, 0.4) is 0 Å². The van der Waals surface area contributed by atoms with Gasteiger partial charge in [0.2, 0.25) is 5.91 Å². The quantitative estimate of drug-likeness (QED) is 0.729. The van der Waals surface area contributed by atoms with E-state index < -0.39 is 35.7 Å². The monoisotopic (exact) mass is 398 g/mol. The van der Waals surface area contributed by atoms with E-state index in [0.717, 1.165) is 0 Å². The number of nitrogens with one attached hydrogen (secondary N) is 2. The molecule has 2 amide bonds. The van der Waals surface area contributed by atoms with Crippen molar-refractivity contribution in [2.45, 2.75) is 38.5 Å². The molecule has 2 rings (SSSR count). The van der Waals surface area contributed by atoms with Crippen LogP contribution >= 0.6 is 0 Å². The van der Waals surface area contributed by atoms with Crippen LogP contribution in [0.1, 0.15) is 44.0 Å². The molecule has 0 radical (unpaired) electrons. The molecule has 0 saturated carbocycles. The predicted octanol–water partition coefficient (Wildman–Crippen LogP) is 3.28. The number of ether oxygens (including phenoxy) is 2. The molecule has 0 heterocycles. The van der Waals surface area contributed by atoms with Gasteiger partial charge in [-0.2, -0.15) is 0 Å². The first-order valence-electron chi connectivity index (χ1n) is 9.19. The van der Waals surface area contributed by atoms with Crippen LogP contribution in [0.5, 0.6) is 0 Å². The van der Waals surface area contributed by atoms with Crippen molar-refractivity contribution in [2.75, 3.05) is 7.11 Å². The molecule has 0 saturated heterocycles. The van der Waals surface area contributed by atoms with E-state index in [0.29, 0.717) is 11.1 Å². The summed E-state index contributed by atoms with van der Waals surface area (Å²) in [5.41, 5.74) is 0.393. The van der Waals surface area contributed by atoms with Gasteiger partial charge < -0.3 is 20.1 Å². The second-order valence-electron chi connectivity index (χ2n) is 7.37. The predicted molar refractivity (Wildman–Crippen MR) is 108 cm³/mol. The summed E-state index contributed by atoms with van der Waals surface area (Å²) < 4.78 is 10.1. The molecular weight excluding hydrogens is 372 g/mol. The van der Waals surface area contributed by atoms with Crippen molar-refractivity contribution < 1.29 is 23.9 Å². The van der Waals surface area contributed by atoms with Crippen LogP contribution in [0.2, 0.25) is 0 Å². The maximum atomic E-state index is 13.1. The van der Waals surface area contributed by atoms with Gasteiger partial charge in [-0.05, 0) is 31.9 Å². The Morgan fingerprint density at radius 3 is 1.72 bits per heavy atom. The van der Waals surface area contributed by atoms with E-state index in [1.54, 1.807) is 81.4 Å². The molecule has 7 nitrogen and oxygen atoms in total. The van der Waals surface area contributed by atoms with Crippen molar-refractivity contribution >= 4 is 18.0 Å². The highest BCUT2D eigenvalue weighted by Gasteiger charge is 2.30. The number of alkyl carbamates (subject to hydrolysis) is 1. The summed E-state index contributed by atoms with van der Waals surface area (Å²) in [5.74, 6) is -1.19. The molecule has 29 heavy (non-hydrogen) atoms. The second kappa shape index (κ2) is 9.73. The Morgan fingerprint density at radius 2 is 1.28 bits per heavy atom. The van der Waals surface area contributed by atoms with Gasteiger partial charge in [0.1, 0.15) is 11.6 Å². The fourth-order valence-electron chi connectivity index (χ4n) is 2.64. The summed E-state index contributed by atoms with van der Waals surface area (Å²) >= 11 is 0. The lowest BCUT2D eigenvalue weighted by atomic mass is 10.0. The van der Waals surface area contributed by atoms with Gasteiger partial charge in [0.25, 0.3) is 0 Å². The fourth-order valence-corrected chi connectivity index (χ4v) is 2.64. The lowest BCUT2D eigenvalue weighted by Crippen LogP contribution is -2.45. The van der Waals surface area contributed by atoms with E-state index in [9.17, 15) is 14.4 Å². The Labute approximate surface area is 170 Å². The highest BCUT2D eigenvalue weighted by atomic mass is 16.6. The molecule has 0 bridgehead atoms. The lowest BCUT2D eigenvalue weighted by Gasteiger charge is -2.25. The molecule has 0 aliphatic heterocycles. The van der Waals surface area contributed by atoms with Crippen LogP contribution in [0.25, 0.3) is 0 Å². The smallest absolute Gasteiger partial charge is 0.408 e. The van der Waals surface area contributed by atoms with Gasteiger partial charge in [0.05, 0.1) is 7.11 Å². The summed E-state index contributed by atoms with van der Waals surface area (Å²) in [6.07, 6.45) is -0.740. The number of carbonyl (C=O) groups is 3. The number of benzene rings is 2. The van der Waals surface area contributed by atoms with Crippen molar-refractivity contribution in [3.05, 3.63) is 71.8 Å². The molecular formula is C22H26N2O5. The van der Waals surface area contributed by atoms with Crippen LogP contribution in [-0.4, -0.2) is 30.7 Å².